The van der Waals surface area contributed by atoms with Gasteiger partial charge in [0, 0.05) is 0 Å². The van der Waals surface area contributed by atoms with Gasteiger partial charge in [0.1, 0.15) is 0 Å². The Morgan fingerprint density at radius 3 is 2.17 bits per heavy atom. The van der Waals surface area contributed by atoms with E-state index < -0.39 is 0 Å². The van der Waals surface area contributed by atoms with Gasteiger partial charge in [-0.15, -0.1) is 0 Å². The molecule has 12 heavy (non-hydrogen) atoms. The number of nitrogens with two attached hydrogens (primary N) is 3. The van der Waals surface area contributed by atoms with Crippen LogP contribution in [-0.4, -0.2) is 18.0 Å². The van der Waals surface area contributed by atoms with E-state index in [1.54, 1.807) is 0 Å². The van der Waals surface area contributed by atoms with Crippen molar-refractivity contribution >= 4 is 11.9 Å². The summed E-state index contributed by atoms with van der Waals surface area (Å²) < 4.78 is 0. The SMILES string of the molecule is CC1(C)CC1N=C(N)N=C(N)N. The maximum absolute atomic E-state index is 5.44. The van der Waals surface area contributed by atoms with Crippen LogP contribution in [0.2, 0.25) is 0 Å². The third kappa shape index (κ3) is 2.11. The summed E-state index contributed by atoms with van der Waals surface area (Å²) in [5.41, 5.74) is 16.0. The highest BCUT2D eigenvalue weighted by Crippen LogP contribution is 2.47. The smallest absolute Gasteiger partial charge is 0.218 e. The maximum atomic E-state index is 5.44. The van der Waals surface area contributed by atoms with Crippen molar-refractivity contribution in [2.45, 2.75) is 26.3 Å². The highest BCUT2D eigenvalue weighted by molar-refractivity contribution is 5.92. The molecule has 1 aliphatic rings. The standard InChI is InChI=1S/C7H15N5/c1-7(2)3-4(7)11-6(10)12-5(8)9/h4H,3H2,1-2H3,(H6,8,9,10,11,12). The molecule has 68 valence electrons. The Morgan fingerprint density at radius 2 is 1.83 bits per heavy atom. The maximum Gasteiger partial charge on any atom is 0.218 e. The van der Waals surface area contributed by atoms with Crippen LogP contribution in [0.25, 0.3) is 0 Å². The van der Waals surface area contributed by atoms with Gasteiger partial charge in [-0.3, -0.25) is 0 Å². The molecule has 1 saturated carbocycles. The van der Waals surface area contributed by atoms with Gasteiger partial charge in [0.05, 0.1) is 6.04 Å². The van der Waals surface area contributed by atoms with E-state index in [0.29, 0.717) is 0 Å². The van der Waals surface area contributed by atoms with E-state index in [1.807, 2.05) is 0 Å². The molecule has 6 N–H and O–H groups in total. The zero-order chi connectivity index (χ0) is 9.35. The number of hydrogen-bond acceptors (Lipinski definition) is 1. The van der Waals surface area contributed by atoms with Crippen LogP contribution in [-0.2, 0) is 0 Å². The van der Waals surface area contributed by atoms with Crippen molar-refractivity contribution in [2.24, 2.45) is 32.6 Å². The summed E-state index contributed by atoms with van der Waals surface area (Å²) in [6.45, 7) is 4.26. The third-order valence-electron chi connectivity index (χ3n) is 1.99. The van der Waals surface area contributed by atoms with Crippen molar-refractivity contribution in [3.63, 3.8) is 0 Å². The molecule has 0 saturated heterocycles. The average molecular weight is 169 g/mol. The Kier molecular flexibility index (Phi) is 1.95. The lowest BCUT2D eigenvalue weighted by molar-refractivity contribution is 0.618. The van der Waals surface area contributed by atoms with Crippen LogP contribution in [0.4, 0.5) is 0 Å². The molecule has 1 rings (SSSR count). The normalized spacial score (nSPS) is 26.5. The van der Waals surface area contributed by atoms with E-state index in [-0.39, 0.29) is 23.4 Å². The van der Waals surface area contributed by atoms with Crippen molar-refractivity contribution in [1.29, 1.82) is 0 Å². The number of nitrogens with zero attached hydrogens (tertiary/aromatic N) is 2. The molecule has 1 unspecified atom stereocenters. The van der Waals surface area contributed by atoms with Crippen LogP contribution in [0, 0.1) is 5.41 Å². The Labute approximate surface area is 71.7 Å². The zero-order valence-electron chi connectivity index (χ0n) is 7.41. The molecule has 0 spiro atoms. The third-order valence-corrected chi connectivity index (χ3v) is 1.99. The molecule has 0 aromatic carbocycles. The topological polar surface area (TPSA) is 103 Å². The summed E-state index contributed by atoms with van der Waals surface area (Å²) in [7, 11) is 0. The molecular weight excluding hydrogens is 154 g/mol. The fourth-order valence-electron chi connectivity index (χ4n) is 0.981. The Balaban J connectivity index is 2.54. The quantitative estimate of drug-likeness (QED) is 0.360. The van der Waals surface area contributed by atoms with Gasteiger partial charge < -0.3 is 17.2 Å². The molecule has 1 fully saturated rings. The predicted molar refractivity (Wildman–Crippen MR) is 49.6 cm³/mol. The van der Waals surface area contributed by atoms with E-state index >= 15 is 0 Å². The highest BCUT2D eigenvalue weighted by Gasteiger charge is 2.45. The molecule has 0 aromatic rings. The van der Waals surface area contributed by atoms with Gasteiger partial charge in [0.15, 0.2) is 5.96 Å². The molecule has 1 aliphatic carbocycles. The molecule has 0 heterocycles. The van der Waals surface area contributed by atoms with Crippen molar-refractivity contribution in [2.75, 3.05) is 0 Å². The first-order valence-corrected chi connectivity index (χ1v) is 3.85. The molecule has 5 heteroatoms. The number of aliphatic imine (C=N–C) groups is 2. The van der Waals surface area contributed by atoms with Gasteiger partial charge in [-0.1, -0.05) is 13.8 Å². The summed E-state index contributed by atoms with van der Waals surface area (Å²) in [5.74, 6) is 0.125. The van der Waals surface area contributed by atoms with E-state index in [9.17, 15) is 0 Å². The fourth-order valence-corrected chi connectivity index (χ4v) is 0.981. The van der Waals surface area contributed by atoms with Gasteiger partial charge >= 0.3 is 0 Å². The van der Waals surface area contributed by atoms with E-state index in [2.05, 4.69) is 23.8 Å². The summed E-state index contributed by atoms with van der Waals surface area (Å²) in [6, 6.07) is 0.278. The molecule has 1 atom stereocenters. The van der Waals surface area contributed by atoms with Gasteiger partial charge in [0.2, 0.25) is 5.96 Å². The van der Waals surface area contributed by atoms with Gasteiger partial charge in [-0.05, 0) is 11.8 Å². The lowest BCUT2D eigenvalue weighted by Gasteiger charge is -1.97. The average Bonchev–Trinajstić information content (AvgIpc) is 2.35. The van der Waals surface area contributed by atoms with Crippen LogP contribution in [0.5, 0.6) is 0 Å². The Morgan fingerprint density at radius 1 is 1.33 bits per heavy atom. The second-order valence-corrected chi connectivity index (χ2v) is 3.73. The van der Waals surface area contributed by atoms with Crippen LogP contribution >= 0.6 is 0 Å². The largest absolute Gasteiger partial charge is 0.370 e. The van der Waals surface area contributed by atoms with Crippen molar-refractivity contribution in [1.82, 2.24) is 0 Å². The summed E-state index contributed by atoms with van der Waals surface area (Å²) >= 11 is 0. The van der Waals surface area contributed by atoms with Crippen LogP contribution in [0.15, 0.2) is 9.98 Å². The van der Waals surface area contributed by atoms with Gasteiger partial charge in [-0.2, -0.15) is 4.99 Å². The van der Waals surface area contributed by atoms with E-state index in [0.717, 1.165) is 6.42 Å². The molecule has 0 aromatic heterocycles. The molecule has 0 amide bonds. The molecular formula is C7H15N5. The summed E-state index contributed by atoms with van der Waals surface area (Å²) in [5, 5.41) is 0. The first-order valence-electron chi connectivity index (χ1n) is 3.85. The summed E-state index contributed by atoms with van der Waals surface area (Å²) in [6.07, 6.45) is 1.05. The van der Waals surface area contributed by atoms with E-state index in [1.165, 1.54) is 0 Å². The second kappa shape index (κ2) is 2.66. The monoisotopic (exact) mass is 169 g/mol. The number of guanidine groups is 2. The van der Waals surface area contributed by atoms with Crippen molar-refractivity contribution in [3.8, 4) is 0 Å². The molecule has 0 aliphatic heterocycles. The fraction of sp³-hybridized carbons (Fsp3) is 0.714. The lowest BCUT2D eigenvalue weighted by Crippen LogP contribution is -2.26. The highest BCUT2D eigenvalue weighted by atomic mass is 15.1. The second-order valence-electron chi connectivity index (χ2n) is 3.73. The minimum Gasteiger partial charge on any atom is -0.370 e. The first kappa shape index (κ1) is 8.83. The van der Waals surface area contributed by atoms with Gasteiger partial charge in [-0.25, -0.2) is 4.99 Å². The Bertz CT molecular complexity index is 236. The minimum absolute atomic E-state index is 0.0466. The minimum atomic E-state index is -0.0466. The van der Waals surface area contributed by atoms with Crippen LogP contribution in [0.1, 0.15) is 20.3 Å². The molecule has 0 bridgehead atoms. The molecule has 0 radical (unpaired) electrons. The van der Waals surface area contributed by atoms with Gasteiger partial charge in [0.25, 0.3) is 0 Å². The summed E-state index contributed by atoms with van der Waals surface area (Å²) in [4.78, 5) is 7.75. The van der Waals surface area contributed by atoms with Crippen molar-refractivity contribution < 1.29 is 0 Å². The number of hydrogen-bond donors (Lipinski definition) is 3. The van der Waals surface area contributed by atoms with Crippen LogP contribution < -0.4 is 17.2 Å². The number of rotatable bonds is 1. The zero-order valence-corrected chi connectivity index (χ0v) is 7.41. The Hall–Kier alpha value is -1.26. The predicted octanol–water partition coefficient (Wildman–Crippen LogP) is -0.627. The lowest BCUT2D eigenvalue weighted by atomic mass is 10.2. The van der Waals surface area contributed by atoms with Crippen LogP contribution in [0.3, 0.4) is 0 Å². The first-order chi connectivity index (χ1) is 5.42. The van der Waals surface area contributed by atoms with E-state index in [4.69, 9.17) is 17.2 Å². The van der Waals surface area contributed by atoms with Crippen molar-refractivity contribution in [3.05, 3.63) is 0 Å². The molecule has 5 nitrogen and oxygen atoms in total.